The van der Waals surface area contributed by atoms with E-state index in [2.05, 4.69) is 0 Å². The lowest BCUT2D eigenvalue weighted by Gasteiger charge is -2.28. The van der Waals surface area contributed by atoms with Gasteiger partial charge in [-0.25, -0.2) is 0 Å². The summed E-state index contributed by atoms with van der Waals surface area (Å²) in [7, 11) is 0. The first-order chi connectivity index (χ1) is 5.86. The van der Waals surface area contributed by atoms with Gasteiger partial charge in [-0.3, -0.25) is 4.79 Å². The van der Waals surface area contributed by atoms with Crippen LogP contribution >= 0.6 is 0 Å². The first-order valence-corrected chi connectivity index (χ1v) is 4.34. The Hall–Kier alpha value is -0.670. The van der Waals surface area contributed by atoms with Crippen LogP contribution in [0.4, 0.5) is 0 Å². The van der Waals surface area contributed by atoms with Crippen LogP contribution in [0.25, 0.3) is 0 Å². The quantitative estimate of drug-likeness (QED) is 0.525. The third kappa shape index (κ3) is 0.704. The Labute approximate surface area is 70.3 Å². The van der Waals surface area contributed by atoms with Gasteiger partial charge >= 0.3 is 0 Å². The molecule has 0 aromatic heterocycles. The smallest absolute Gasteiger partial charge is 0.165 e. The lowest BCUT2D eigenvalue weighted by Crippen LogP contribution is -2.34. The molecule has 0 bridgehead atoms. The van der Waals surface area contributed by atoms with Crippen molar-refractivity contribution in [3.05, 3.63) is 11.6 Å². The third-order valence-electron chi connectivity index (χ3n) is 2.97. The zero-order valence-electron chi connectivity index (χ0n) is 6.66. The molecule has 0 spiro atoms. The third-order valence-corrected chi connectivity index (χ3v) is 2.97. The summed E-state index contributed by atoms with van der Waals surface area (Å²) in [5, 5.41) is 0. The molecule has 3 rings (SSSR count). The summed E-state index contributed by atoms with van der Waals surface area (Å²) in [5.74, 6) is 0.707. The summed E-state index contributed by atoms with van der Waals surface area (Å²) in [5.41, 5.74) is 1.15. The van der Waals surface area contributed by atoms with E-state index in [1.54, 1.807) is 6.08 Å². The van der Waals surface area contributed by atoms with Gasteiger partial charge in [-0.15, -0.1) is 0 Å². The number of hydrogen-bond acceptors (Lipinski definition) is 3. The highest BCUT2D eigenvalue weighted by atomic mass is 16.7. The molecular weight excluding hydrogens is 156 g/mol. The van der Waals surface area contributed by atoms with Gasteiger partial charge in [0.25, 0.3) is 0 Å². The minimum Gasteiger partial charge on any atom is -0.352 e. The molecule has 3 heteroatoms. The van der Waals surface area contributed by atoms with Gasteiger partial charge in [-0.1, -0.05) is 0 Å². The molecule has 3 nitrogen and oxygen atoms in total. The van der Waals surface area contributed by atoms with Crippen molar-refractivity contribution in [1.82, 2.24) is 0 Å². The molecule has 2 aliphatic heterocycles. The molecule has 1 aliphatic carbocycles. The SMILES string of the molecule is O=C1C=C2CO[C@@H]3OCC[C@H]1[C@H]23. The van der Waals surface area contributed by atoms with E-state index >= 15 is 0 Å². The van der Waals surface area contributed by atoms with E-state index < -0.39 is 0 Å². The Morgan fingerprint density at radius 2 is 2.33 bits per heavy atom. The van der Waals surface area contributed by atoms with Gasteiger partial charge in [-0.05, 0) is 18.1 Å². The van der Waals surface area contributed by atoms with Crippen molar-refractivity contribution in [3.8, 4) is 0 Å². The first kappa shape index (κ1) is 6.80. The highest BCUT2D eigenvalue weighted by molar-refractivity contribution is 5.96. The van der Waals surface area contributed by atoms with Crippen LogP contribution in [0.3, 0.4) is 0 Å². The van der Waals surface area contributed by atoms with Gasteiger partial charge in [0.15, 0.2) is 12.1 Å². The normalized spacial score (nSPS) is 44.5. The molecular formula is C9H10O3. The van der Waals surface area contributed by atoms with E-state index in [-0.39, 0.29) is 23.9 Å². The van der Waals surface area contributed by atoms with Crippen LogP contribution in [0.1, 0.15) is 6.42 Å². The Morgan fingerprint density at radius 3 is 3.25 bits per heavy atom. The average Bonchev–Trinajstić information content (AvgIpc) is 2.61. The van der Waals surface area contributed by atoms with Gasteiger partial charge in [0.05, 0.1) is 13.2 Å². The summed E-state index contributed by atoms with van der Waals surface area (Å²) in [4.78, 5) is 11.4. The first-order valence-electron chi connectivity index (χ1n) is 4.34. The molecule has 0 N–H and O–H groups in total. The molecule has 3 atom stereocenters. The molecule has 0 saturated carbocycles. The number of hydrogen-bond donors (Lipinski definition) is 0. The summed E-state index contributed by atoms with van der Waals surface area (Å²) in [6.45, 7) is 1.26. The molecule has 0 radical (unpaired) electrons. The fourth-order valence-corrected chi connectivity index (χ4v) is 2.39. The maximum absolute atomic E-state index is 11.4. The fraction of sp³-hybridized carbons (Fsp3) is 0.667. The van der Waals surface area contributed by atoms with Gasteiger partial charge in [0, 0.05) is 11.8 Å². The van der Waals surface area contributed by atoms with Crippen LogP contribution in [-0.2, 0) is 14.3 Å². The molecule has 0 unspecified atom stereocenters. The van der Waals surface area contributed by atoms with Crippen molar-refractivity contribution in [3.63, 3.8) is 0 Å². The predicted octanol–water partition coefficient (Wildman–Crippen LogP) is 0.504. The minimum absolute atomic E-state index is 0.124. The van der Waals surface area contributed by atoms with E-state index in [1.165, 1.54) is 0 Å². The second-order valence-corrected chi connectivity index (χ2v) is 3.59. The maximum atomic E-state index is 11.4. The number of carbonyl (C=O) groups excluding carboxylic acids is 1. The topological polar surface area (TPSA) is 35.5 Å². The van der Waals surface area contributed by atoms with Gasteiger partial charge in [0.2, 0.25) is 0 Å². The highest BCUT2D eigenvalue weighted by Gasteiger charge is 2.48. The van der Waals surface area contributed by atoms with Crippen LogP contribution in [0.15, 0.2) is 11.6 Å². The predicted molar refractivity (Wildman–Crippen MR) is 40.4 cm³/mol. The maximum Gasteiger partial charge on any atom is 0.165 e. The summed E-state index contributed by atoms with van der Waals surface area (Å²) in [6.07, 6.45) is 2.49. The second-order valence-electron chi connectivity index (χ2n) is 3.59. The fourth-order valence-electron chi connectivity index (χ4n) is 2.39. The van der Waals surface area contributed by atoms with Crippen molar-refractivity contribution in [2.45, 2.75) is 12.7 Å². The highest BCUT2D eigenvalue weighted by Crippen LogP contribution is 2.43. The lowest BCUT2D eigenvalue weighted by molar-refractivity contribution is -0.167. The van der Waals surface area contributed by atoms with Crippen molar-refractivity contribution in [2.75, 3.05) is 13.2 Å². The number of rotatable bonds is 0. The molecule has 0 aromatic rings. The molecule has 2 heterocycles. The Kier molecular flexibility index (Phi) is 1.23. The lowest BCUT2D eigenvalue weighted by atomic mass is 9.87. The molecule has 0 amide bonds. The summed E-state index contributed by atoms with van der Waals surface area (Å²) >= 11 is 0. The number of ether oxygens (including phenoxy) is 2. The molecule has 12 heavy (non-hydrogen) atoms. The molecule has 0 aromatic carbocycles. The van der Waals surface area contributed by atoms with E-state index in [4.69, 9.17) is 9.47 Å². The average molecular weight is 166 g/mol. The van der Waals surface area contributed by atoms with Crippen molar-refractivity contribution in [1.29, 1.82) is 0 Å². The monoisotopic (exact) mass is 166 g/mol. The summed E-state index contributed by atoms with van der Waals surface area (Å²) < 4.78 is 10.8. The Bertz CT molecular complexity index is 269. The van der Waals surface area contributed by atoms with Crippen molar-refractivity contribution >= 4 is 5.78 Å². The van der Waals surface area contributed by atoms with Crippen LogP contribution in [0.5, 0.6) is 0 Å². The zero-order chi connectivity index (χ0) is 8.13. The number of carbonyl (C=O) groups is 1. The van der Waals surface area contributed by atoms with E-state index in [0.717, 1.165) is 12.0 Å². The Morgan fingerprint density at radius 1 is 1.42 bits per heavy atom. The van der Waals surface area contributed by atoms with E-state index in [1.807, 2.05) is 0 Å². The molecule has 64 valence electrons. The van der Waals surface area contributed by atoms with Crippen molar-refractivity contribution < 1.29 is 14.3 Å². The van der Waals surface area contributed by atoms with Crippen LogP contribution in [0, 0.1) is 11.8 Å². The standard InChI is InChI=1S/C9H10O3/c10-7-3-5-4-12-9-8(5)6(7)1-2-11-9/h3,6,8-9H,1-2,4H2/t6-,8+,9+/m1/s1. The second kappa shape index (κ2) is 2.18. The van der Waals surface area contributed by atoms with Gasteiger partial charge < -0.3 is 9.47 Å². The number of allylic oxidation sites excluding steroid dienone is 1. The Balaban J connectivity index is 2.01. The van der Waals surface area contributed by atoms with E-state index in [9.17, 15) is 4.79 Å². The molecule has 2 fully saturated rings. The zero-order valence-corrected chi connectivity index (χ0v) is 6.66. The van der Waals surface area contributed by atoms with E-state index in [0.29, 0.717) is 13.2 Å². The van der Waals surface area contributed by atoms with Crippen molar-refractivity contribution in [2.24, 2.45) is 11.8 Å². The largest absolute Gasteiger partial charge is 0.352 e. The van der Waals surface area contributed by atoms with Gasteiger partial charge in [0.1, 0.15) is 0 Å². The van der Waals surface area contributed by atoms with Crippen LogP contribution in [-0.4, -0.2) is 25.3 Å². The van der Waals surface area contributed by atoms with Gasteiger partial charge in [-0.2, -0.15) is 0 Å². The summed E-state index contributed by atoms with van der Waals surface area (Å²) in [6, 6.07) is 0. The molecule has 3 aliphatic rings. The minimum atomic E-state index is -0.124. The number of ketones is 1. The molecule has 2 saturated heterocycles. The van der Waals surface area contributed by atoms with Crippen LogP contribution < -0.4 is 0 Å². The van der Waals surface area contributed by atoms with Crippen LogP contribution in [0.2, 0.25) is 0 Å².